The van der Waals surface area contributed by atoms with Crippen molar-refractivity contribution in [2.75, 3.05) is 11.9 Å². The molecule has 0 saturated carbocycles. The van der Waals surface area contributed by atoms with Gasteiger partial charge in [0.2, 0.25) is 5.91 Å². The lowest BCUT2D eigenvalue weighted by molar-refractivity contribution is -0.137. The lowest BCUT2D eigenvalue weighted by Crippen LogP contribution is -2.13. The molecule has 0 saturated heterocycles. The number of hydrogen-bond acceptors (Lipinski definition) is 4. The average Bonchev–Trinajstić information content (AvgIpc) is 3.37. The van der Waals surface area contributed by atoms with Crippen molar-refractivity contribution in [3.8, 4) is 5.75 Å². The third-order valence-electron chi connectivity index (χ3n) is 6.33. The first kappa shape index (κ1) is 27.9. The summed E-state index contributed by atoms with van der Waals surface area (Å²) in [4.78, 5) is 24.3. The van der Waals surface area contributed by atoms with Gasteiger partial charge < -0.3 is 14.8 Å². The summed E-state index contributed by atoms with van der Waals surface area (Å²) in [6.45, 7) is 3.16. The average molecular weight is 542 g/mol. The van der Waals surface area contributed by atoms with Crippen LogP contribution in [0.2, 0.25) is 0 Å². The number of carbonyl (C=O) groups excluding carboxylic acids is 2. The molecule has 0 atom stereocenters. The monoisotopic (exact) mass is 541 g/mol. The van der Waals surface area contributed by atoms with Crippen molar-refractivity contribution in [2.24, 2.45) is 0 Å². The fraction of sp³-hybridized carbons (Fsp3) is 0.267. The molecule has 4 rings (SSSR count). The van der Waals surface area contributed by atoms with E-state index in [9.17, 15) is 27.2 Å². The zero-order valence-corrected chi connectivity index (χ0v) is 21.5. The molecule has 0 bridgehead atoms. The smallest absolute Gasteiger partial charge is 0.416 e. The zero-order chi connectivity index (χ0) is 28.2. The van der Waals surface area contributed by atoms with Gasteiger partial charge >= 0.3 is 12.1 Å². The predicted octanol–water partition coefficient (Wildman–Crippen LogP) is 7.65. The number of esters is 1. The van der Waals surface area contributed by atoms with Crippen molar-refractivity contribution in [1.29, 1.82) is 0 Å². The summed E-state index contributed by atoms with van der Waals surface area (Å²) >= 11 is 0. The summed E-state index contributed by atoms with van der Waals surface area (Å²) in [5.41, 5.74) is 2.70. The second-order valence-electron chi connectivity index (χ2n) is 9.10. The van der Waals surface area contributed by atoms with E-state index in [1.165, 1.54) is 25.1 Å². The molecule has 3 aromatic rings. The molecule has 5 nitrogen and oxygen atoms in total. The summed E-state index contributed by atoms with van der Waals surface area (Å²) in [6, 6.07) is 13.9. The van der Waals surface area contributed by atoms with Crippen LogP contribution in [0.4, 0.5) is 23.2 Å². The number of hydrogen-bond donors (Lipinski definition) is 1. The molecule has 0 aromatic heterocycles. The topological polar surface area (TPSA) is 64.6 Å². The molecule has 3 aromatic carbocycles. The van der Waals surface area contributed by atoms with Gasteiger partial charge in [0.25, 0.3) is 0 Å². The summed E-state index contributed by atoms with van der Waals surface area (Å²) in [6.07, 6.45) is -2.78. The summed E-state index contributed by atoms with van der Waals surface area (Å²) in [5.74, 6) is -1.12. The van der Waals surface area contributed by atoms with E-state index in [0.717, 1.165) is 17.7 Å². The van der Waals surface area contributed by atoms with Crippen LogP contribution in [0.15, 0.2) is 60.7 Å². The Morgan fingerprint density at radius 2 is 1.67 bits per heavy atom. The third-order valence-corrected chi connectivity index (χ3v) is 6.33. The van der Waals surface area contributed by atoms with Crippen molar-refractivity contribution in [1.82, 2.24) is 0 Å². The number of alkyl halides is 3. The molecule has 1 N–H and O–H groups in total. The van der Waals surface area contributed by atoms with Crippen LogP contribution in [0.1, 0.15) is 65.7 Å². The Hall–Kier alpha value is -4.14. The predicted molar refractivity (Wildman–Crippen MR) is 140 cm³/mol. The van der Waals surface area contributed by atoms with Gasteiger partial charge in [0.05, 0.1) is 23.4 Å². The number of anilines is 1. The maximum Gasteiger partial charge on any atom is 0.416 e. The lowest BCUT2D eigenvalue weighted by atomic mass is 9.93. The highest BCUT2D eigenvalue weighted by Crippen LogP contribution is 2.45. The Kier molecular flexibility index (Phi) is 8.38. The molecule has 1 amide bonds. The Morgan fingerprint density at radius 3 is 2.33 bits per heavy atom. The summed E-state index contributed by atoms with van der Waals surface area (Å²) in [7, 11) is 0. The molecule has 39 heavy (non-hydrogen) atoms. The van der Waals surface area contributed by atoms with Crippen LogP contribution >= 0.6 is 0 Å². The number of ether oxygens (including phenoxy) is 2. The normalized spacial score (nSPS) is 13.4. The number of benzene rings is 3. The molecule has 9 heteroatoms. The van der Waals surface area contributed by atoms with Crippen LogP contribution in [0.3, 0.4) is 0 Å². The van der Waals surface area contributed by atoms with Crippen LogP contribution < -0.4 is 10.1 Å². The van der Waals surface area contributed by atoms with E-state index in [1.807, 2.05) is 0 Å². The van der Waals surface area contributed by atoms with E-state index in [-0.39, 0.29) is 36.1 Å². The Balaban J connectivity index is 1.79. The minimum atomic E-state index is -4.55. The molecule has 0 spiro atoms. The number of halogens is 4. The van der Waals surface area contributed by atoms with Crippen LogP contribution in [0, 0.1) is 5.82 Å². The highest BCUT2D eigenvalue weighted by atomic mass is 19.4. The molecule has 0 radical (unpaired) electrons. The second-order valence-corrected chi connectivity index (χ2v) is 9.10. The number of amides is 1. The Morgan fingerprint density at radius 1 is 0.949 bits per heavy atom. The van der Waals surface area contributed by atoms with Crippen molar-refractivity contribution >= 4 is 28.7 Å². The van der Waals surface area contributed by atoms with Gasteiger partial charge in [-0.25, -0.2) is 9.18 Å². The molecule has 0 unspecified atom stereocenters. The quantitative estimate of drug-likeness (QED) is 0.235. The van der Waals surface area contributed by atoms with Crippen LogP contribution in [-0.4, -0.2) is 18.5 Å². The highest BCUT2D eigenvalue weighted by Gasteiger charge is 2.32. The largest absolute Gasteiger partial charge is 0.488 e. The maximum absolute atomic E-state index is 13.7. The molecule has 1 aliphatic rings. The van der Waals surface area contributed by atoms with Gasteiger partial charge in [0, 0.05) is 12.5 Å². The molecule has 0 fully saturated rings. The van der Waals surface area contributed by atoms with E-state index in [0.29, 0.717) is 41.5 Å². The van der Waals surface area contributed by atoms with Crippen LogP contribution in [0.25, 0.3) is 11.1 Å². The molecule has 0 heterocycles. The first-order valence-corrected chi connectivity index (χ1v) is 12.5. The first-order valence-electron chi connectivity index (χ1n) is 12.5. The first-order chi connectivity index (χ1) is 18.6. The second kappa shape index (κ2) is 11.7. The van der Waals surface area contributed by atoms with E-state index >= 15 is 0 Å². The van der Waals surface area contributed by atoms with Gasteiger partial charge in [0.15, 0.2) is 0 Å². The fourth-order valence-corrected chi connectivity index (χ4v) is 4.58. The van der Waals surface area contributed by atoms with Gasteiger partial charge in [-0.1, -0.05) is 18.2 Å². The minimum Gasteiger partial charge on any atom is -0.488 e. The van der Waals surface area contributed by atoms with Crippen LogP contribution in [-0.2, 0) is 22.3 Å². The SMILES string of the molecule is CCOC(=O)c1cc(C2=C(c3cc(C(F)(F)F)ccc3OCc3ccc(F)cc3)CCC2)ccc1NC(C)=O. The number of carbonyl (C=O) groups is 2. The minimum absolute atomic E-state index is 0.0413. The molecule has 0 aliphatic heterocycles. The van der Waals surface area contributed by atoms with Gasteiger partial charge in [-0.3, -0.25) is 4.79 Å². The van der Waals surface area contributed by atoms with E-state index in [1.54, 1.807) is 37.3 Å². The number of nitrogens with one attached hydrogen (secondary N) is 1. The van der Waals surface area contributed by atoms with Gasteiger partial charge in [-0.05, 0) is 90.9 Å². The van der Waals surface area contributed by atoms with Crippen LogP contribution in [0.5, 0.6) is 5.75 Å². The molecule has 204 valence electrons. The Labute approximate surface area is 223 Å². The van der Waals surface area contributed by atoms with E-state index in [4.69, 9.17) is 9.47 Å². The van der Waals surface area contributed by atoms with Gasteiger partial charge in [-0.15, -0.1) is 0 Å². The standard InChI is InChI=1S/C30H27F4NO4/c1-3-38-29(37)26-15-20(9-13-27(26)35-18(2)36)23-5-4-6-24(23)25-16-21(30(32,33)34)10-14-28(25)39-17-19-7-11-22(31)12-8-19/h7-16H,3-6,17H2,1-2H3,(H,35,36). The fourth-order valence-electron chi connectivity index (χ4n) is 4.58. The highest BCUT2D eigenvalue weighted by molar-refractivity contribution is 6.03. The maximum atomic E-state index is 13.7. The van der Waals surface area contributed by atoms with Gasteiger partial charge in [-0.2, -0.15) is 13.2 Å². The van der Waals surface area contributed by atoms with Crippen molar-refractivity contribution in [2.45, 2.75) is 45.9 Å². The number of rotatable bonds is 8. The van der Waals surface area contributed by atoms with Crippen molar-refractivity contribution in [3.63, 3.8) is 0 Å². The Bertz CT molecular complexity index is 1410. The van der Waals surface area contributed by atoms with Crippen molar-refractivity contribution in [3.05, 3.63) is 94.3 Å². The summed E-state index contributed by atoms with van der Waals surface area (Å²) < 4.78 is 65.4. The van der Waals surface area contributed by atoms with E-state index in [2.05, 4.69) is 5.32 Å². The molecule has 1 aliphatic carbocycles. The third kappa shape index (κ3) is 6.66. The molecular weight excluding hydrogens is 514 g/mol. The van der Waals surface area contributed by atoms with Gasteiger partial charge in [0.1, 0.15) is 18.2 Å². The molecular formula is C30H27F4NO4. The zero-order valence-electron chi connectivity index (χ0n) is 21.5. The number of allylic oxidation sites excluding steroid dienone is 2. The summed E-state index contributed by atoms with van der Waals surface area (Å²) in [5, 5.41) is 2.62. The van der Waals surface area contributed by atoms with Crippen molar-refractivity contribution < 1.29 is 36.6 Å². The van der Waals surface area contributed by atoms with E-state index < -0.39 is 23.5 Å². The lowest BCUT2D eigenvalue weighted by Gasteiger charge is -2.18.